The van der Waals surface area contributed by atoms with Crippen LogP contribution in [0.1, 0.15) is 23.4 Å². The molecule has 0 fully saturated rings. The van der Waals surface area contributed by atoms with E-state index >= 15 is 0 Å². The maximum Gasteiger partial charge on any atom is 0.293 e. The van der Waals surface area contributed by atoms with Crippen molar-refractivity contribution in [1.29, 1.82) is 0 Å². The van der Waals surface area contributed by atoms with E-state index < -0.39 is 0 Å². The van der Waals surface area contributed by atoms with Crippen LogP contribution in [0, 0.1) is 6.92 Å². The Hall–Kier alpha value is -1.88. The van der Waals surface area contributed by atoms with Crippen LogP contribution in [-0.2, 0) is 0 Å². The van der Waals surface area contributed by atoms with Gasteiger partial charge in [0.2, 0.25) is 5.82 Å². The number of aromatic nitrogens is 3. The summed E-state index contributed by atoms with van der Waals surface area (Å²) >= 11 is 5.85. The first kappa shape index (κ1) is 13.5. The predicted octanol–water partition coefficient (Wildman–Crippen LogP) is 2.32. The van der Waals surface area contributed by atoms with Crippen LogP contribution in [0.5, 0.6) is 0 Å². The number of halogens is 1. The molecule has 0 atom stereocenters. The minimum atomic E-state index is -0.182. The summed E-state index contributed by atoms with van der Waals surface area (Å²) in [5.41, 5.74) is 0.826. The first-order valence-corrected chi connectivity index (χ1v) is 6.35. The number of nitrogens with zero attached hydrogens (tertiary/aromatic N) is 4. The molecule has 0 saturated carbocycles. The van der Waals surface area contributed by atoms with Gasteiger partial charge in [0.05, 0.1) is 5.69 Å². The van der Waals surface area contributed by atoms with Gasteiger partial charge in [-0.2, -0.15) is 0 Å². The normalized spacial score (nSPS) is 10.5. The highest BCUT2D eigenvalue weighted by Gasteiger charge is 2.17. The molecule has 19 heavy (non-hydrogen) atoms. The van der Waals surface area contributed by atoms with Gasteiger partial charge in [0, 0.05) is 18.6 Å². The van der Waals surface area contributed by atoms with Gasteiger partial charge in [0.1, 0.15) is 5.82 Å². The molecule has 0 aliphatic carbocycles. The highest BCUT2D eigenvalue weighted by atomic mass is 35.5. The zero-order chi connectivity index (χ0) is 14.0. The lowest BCUT2D eigenvalue weighted by molar-refractivity contribution is 0.0790. The third-order valence-corrected chi connectivity index (χ3v) is 3.10. The van der Waals surface area contributed by atoms with E-state index in [-0.39, 0.29) is 11.7 Å². The van der Waals surface area contributed by atoms with Crippen LogP contribution in [0.4, 0.5) is 0 Å². The van der Waals surface area contributed by atoms with Crippen molar-refractivity contribution in [3.05, 3.63) is 40.9 Å². The zero-order valence-corrected chi connectivity index (χ0v) is 11.8. The number of hydrogen-bond donors (Lipinski definition) is 0. The fourth-order valence-corrected chi connectivity index (χ4v) is 1.75. The number of carbonyl (C=O) groups excluding carboxylic acids is 1. The molecule has 1 heterocycles. The molecule has 100 valence electrons. The molecular weight excluding hydrogens is 264 g/mol. The number of benzene rings is 1. The summed E-state index contributed by atoms with van der Waals surface area (Å²) in [5, 5.41) is 4.91. The molecule has 0 spiro atoms. The van der Waals surface area contributed by atoms with Crippen molar-refractivity contribution in [2.75, 3.05) is 13.6 Å². The van der Waals surface area contributed by atoms with Crippen molar-refractivity contribution in [2.45, 2.75) is 13.8 Å². The fraction of sp³-hybridized carbons (Fsp3) is 0.308. The minimum Gasteiger partial charge on any atom is -0.339 e. The molecule has 0 N–H and O–H groups in total. The van der Waals surface area contributed by atoms with E-state index in [1.54, 1.807) is 28.8 Å². The molecule has 0 bridgehead atoms. The van der Waals surface area contributed by atoms with Crippen molar-refractivity contribution >= 4 is 17.5 Å². The van der Waals surface area contributed by atoms with Gasteiger partial charge in [-0.15, -0.1) is 5.10 Å². The average molecular weight is 279 g/mol. The Labute approximate surface area is 116 Å². The van der Waals surface area contributed by atoms with Gasteiger partial charge in [-0.3, -0.25) is 4.79 Å². The van der Waals surface area contributed by atoms with Crippen LogP contribution >= 0.6 is 11.6 Å². The monoisotopic (exact) mass is 278 g/mol. The van der Waals surface area contributed by atoms with Gasteiger partial charge in [-0.05, 0) is 38.1 Å². The molecule has 0 aliphatic rings. The Kier molecular flexibility index (Phi) is 3.85. The van der Waals surface area contributed by atoms with Crippen molar-refractivity contribution in [1.82, 2.24) is 19.7 Å². The third kappa shape index (κ3) is 2.76. The van der Waals surface area contributed by atoms with E-state index in [1.165, 1.54) is 0 Å². The number of carbonyl (C=O) groups is 1. The Morgan fingerprint density at radius 3 is 2.58 bits per heavy atom. The van der Waals surface area contributed by atoms with Crippen LogP contribution < -0.4 is 0 Å². The lowest BCUT2D eigenvalue weighted by Crippen LogP contribution is -2.27. The SMILES string of the molecule is CCN(C)C(=O)c1nc(C)n(-c2ccc(Cl)cc2)n1. The maximum atomic E-state index is 12.0. The number of aryl methyl sites for hydroxylation is 1. The number of hydrogen-bond acceptors (Lipinski definition) is 3. The lowest BCUT2D eigenvalue weighted by Gasteiger charge is -2.10. The van der Waals surface area contributed by atoms with Gasteiger partial charge >= 0.3 is 0 Å². The second kappa shape index (κ2) is 5.40. The van der Waals surface area contributed by atoms with Crippen molar-refractivity contribution in [2.24, 2.45) is 0 Å². The molecule has 1 aromatic carbocycles. The van der Waals surface area contributed by atoms with E-state index in [9.17, 15) is 4.79 Å². The zero-order valence-electron chi connectivity index (χ0n) is 11.1. The predicted molar refractivity (Wildman–Crippen MR) is 73.7 cm³/mol. The van der Waals surface area contributed by atoms with Crippen molar-refractivity contribution < 1.29 is 4.79 Å². The smallest absolute Gasteiger partial charge is 0.293 e. The molecule has 6 heteroatoms. The molecule has 1 aromatic heterocycles. The lowest BCUT2D eigenvalue weighted by atomic mass is 10.3. The van der Waals surface area contributed by atoms with E-state index in [4.69, 9.17) is 11.6 Å². The summed E-state index contributed by atoms with van der Waals surface area (Å²) in [7, 11) is 1.72. The van der Waals surface area contributed by atoms with E-state index in [1.807, 2.05) is 26.0 Å². The Morgan fingerprint density at radius 1 is 1.37 bits per heavy atom. The summed E-state index contributed by atoms with van der Waals surface area (Å²) in [5.74, 6) is 0.685. The summed E-state index contributed by atoms with van der Waals surface area (Å²) in [6.07, 6.45) is 0. The second-order valence-electron chi connectivity index (χ2n) is 4.19. The Bertz CT molecular complexity index is 591. The number of rotatable bonds is 3. The molecule has 2 rings (SSSR count). The van der Waals surface area contributed by atoms with Gasteiger partial charge in [0.15, 0.2) is 0 Å². The summed E-state index contributed by atoms with van der Waals surface area (Å²) in [6.45, 7) is 4.33. The molecule has 5 nitrogen and oxygen atoms in total. The Balaban J connectivity index is 2.36. The summed E-state index contributed by atoms with van der Waals surface area (Å²) in [6, 6.07) is 7.22. The van der Waals surface area contributed by atoms with Gasteiger partial charge in [-0.25, -0.2) is 9.67 Å². The quantitative estimate of drug-likeness (QED) is 0.866. The number of amides is 1. The highest BCUT2D eigenvalue weighted by Crippen LogP contribution is 2.14. The van der Waals surface area contributed by atoms with Crippen LogP contribution in [0.15, 0.2) is 24.3 Å². The minimum absolute atomic E-state index is 0.182. The van der Waals surface area contributed by atoms with Gasteiger partial charge in [-0.1, -0.05) is 11.6 Å². The molecule has 2 aromatic rings. The molecule has 0 saturated heterocycles. The first-order chi connectivity index (χ1) is 9.02. The van der Waals surface area contributed by atoms with Crippen LogP contribution in [0.3, 0.4) is 0 Å². The van der Waals surface area contributed by atoms with Gasteiger partial charge < -0.3 is 4.90 Å². The molecule has 0 unspecified atom stereocenters. The standard InChI is InChI=1S/C13H15ClN4O/c1-4-17(3)13(19)12-15-9(2)18(16-12)11-7-5-10(14)6-8-11/h5-8H,4H2,1-3H3. The molecule has 1 amide bonds. The molecular formula is C13H15ClN4O. The highest BCUT2D eigenvalue weighted by molar-refractivity contribution is 6.30. The largest absolute Gasteiger partial charge is 0.339 e. The average Bonchev–Trinajstić information content (AvgIpc) is 2.80. The van der Waals surface area contributed by atoms with Crippen LogP contribution in [0.25, 0.3) is 5.69 Å². The van der Waals surface area contributed by atoms with Gasteiger partial charge in [0.25, 0.3) is 5.91 Å². The fourth-order valence-electron chi connectivity index (χ4n) is 1.62. The topological polar surface area (TPSA) is 51.0 Å². The molecule has 0 radical (unpaired) electrons. The van der Waals surface area contributed by atoms with E-state index in [0.717, 1.165) is 5.69 Å². The Morgan fingerprint density at radius 2 is 2.00 bits per heavy atom. The van der Waals surface area contributed by atoms with Crippen molar-refractivity contribution in [3.8, 4) is 5.69 Å². The first-order valence-electron chi connectivity index (χ1n) is 5.98. The van der Waals surface area contributed by atoms with E-state index in [2.05, 4.69) is 10.1 Å². The van der Waals surface area contributed by atoms with Crippen LogP contribution in [-0.4, -0.2) is 39.2 Å². The third-order valence-electron chi connectivity index (χ3n) is 2.85. The second-order valence-corrected chi connectivity index (χ2v) is 4.63. The van der Waals surface area contributed by atoms with Crippen molar-refractivity contribution in [3.63, 3.8) is 0 Å². The maximum absolute atomic E-state index is 12.0. The van der Waals surface area contributed by atoms with Crippen LogP contribution in [0.2, 0.25) is 5.02 Å². The summed E-state index contributed by atoms with van der Waals surface area (Å²) in [4.78, 5) is 17.8. The van der Waals surface area contributed by atoms with E-state index in [0.29, 0.717) is 17.4 Å². The molecule has 0 aliphatic heterocycles. The summed E-state index contributed by atoms with van der Waals surface area (Å²) < 4.78 is 1.63.